The van der Waals surface area contributed by atoms with E-state index in [4.69, 9.17) is 0 Å². The van der Waals surface area contributed by atoms with E-state index < -0.39 is 0 Å². The molecule has 0 N–H and O–H groups in total. The van der Waals surface area contributed by atoms with Crippen LogP contribution in [0.4, 0.5) is 0 Å². The smallest absolute Gasteiger partial charge is 0.0179 e. The van der Waals surface area contributed by atoms with Crippen molar-refractivity contribution in [3.8, 4) is 0 Å². The quantitative estimate of drug-likeness (QED) is 0.598. The minimum atomic E-state index is 0.623. The molecular formula is C15H26. The lowest BCUT2D eigenvalue weighted by atomic mass is 9.16. The maximum atomic E-state index is 2.60. The normalized spacial score (nSPS) is 66.2. The van der Waals surface area contributed by atoms with Crippen molar-refractivity contribution in [2.45, 2.75) is 54.4 Å². The first kappa shape index (κ1) is 10.2. The molecule has 0 saturated heterocycles. The Morgan fingerprint density at radius 1 is 1.07 bits per heavy atom. The number of fused-ring (bicyclic) bond motifs is 4. The molecule has 3 saturated carbocycles. The second-order valence-electron chi connectivity index (χ2n) is 7.61. The van der Waals surface area contributed by atoms with Crippen LogP contribution in [0.3, 0.4) is 0 Å². The van der Waals surface area contributed by atoms with Crippen molar-refractivity contribution in [1.82, 2.24) is 0 Å². The van der Waals surface area contributed by atoms with Gasteiger partial charge in [-0.15, -0.1) is 0 Å². The van der Waals surface area contributed by atoms with Crippen molar-refractivity contribution in [3.63, 3.8) is 0 Å². The minimum Gasteiger partial charge on any atom is -0.0622 e. The van der Waals surface area contributed by atoms with Crippen LogP contribution >= 0.6 is 0 Å². The molecule has 3 rings (SSSR count). The van der Waals surface area contributed by atoms with Gasteiger partial charge in [0.25, 0.3) is 0 Å². The van der Waals surface area contributed by atoms with Crippen LogP contribution in [0.2, 0.25) is 0 Å². The van der Waals surface area contributed by atoms with Crippen LogP contribution in [0.25, 0.3) is 0 Å². The molecule has 0 aliphatic heterocycles. The lowest BCUT2D eigenvalue weighted by molar-refractivity contribution is -0.409. The fourth-order valence-corrected chi connectivity index (χ4v) is 6.02. The lowest BCUT2D eigenvalue weighted by Crippen LogP contribution is -2.83. The highest BCUT2D eigenvalue weighted by atomic mass is 14.9. The molecule has 6 atom stereocenters. The highest BCUT2D eigenvalue weighted by Gasteiger charge is 2.83. The third-order valence-corrected chi connectivity index (χ3v) is 7.85. The summed E-state index contributed by atoms with van der Waals surface area (Å²) in [6.07, 6.45) is 3.03. The maximum Gasteiger partial charge on any atom is -0.0179 e. The molecule has 0 heterocycles. The molecule has 0 aromatic heterocycles. The third-order valence-electron chi connectivity index (χ3n) is 7.85. The number of rotatable bonds is 1. The Morgan fingerprint density at radius 2 is 1.67 bits per heavy atom. The van der Waals surface area contributed by atoms with E-state index in [1.807, 2.05) is 0 Å². The van der Waals surface area contributed by atoms with E-state index in [2.05, 4.69) is 41.5 Å². The largest absolute Gasteiger partial charge is 0.0622 e. The molecule has 0 bridgehead atoms. The van der Waals surface area contributed by atoms with Gasteiger partial charge in [-0.1, -0.05) is 41.5 Å². The summed E-state index contributed by atoms with van der Waals surface area (Å²) in [6.45, 7) is 15.1. The van der Waals surface area contributed by atoms with Crippen LogP contribution in [-0.2, 0) is 0 Å². The van der Waals surface area contributed by atoms with E-state index in [0.29, 0.717) is 16.2 Å². The first-order valence-corrected chi connectivity index (χ1v) is 6.80. The lowest BCUT2D eigenvalue weighted by Gasteiger charge is -2.88. The van der Waals surface area contributed by atoms with Gasteiger partial charge in [-0.05, 0) is 52.8 Å². The van der Waals surface area contributed by atoms with Crippen LogP contribution in [-0.4, -0.2) is 0 Å². The van der Waals surface area contributed by atoms with Gasteiger partial charge >= 0.3 is 0 Å². The molecule has 3 fully saturated rings. The zero-order valence-electron chi connectivity index (χ0n) is 11.2. The van der Waals surface area contributed by atoms with Crippen LogP contribution in [0, 0.1) is 39.9 Å². The molecule has 0 amide bonds. The molecular weight excluding hydrogens is 180 g/mol. The molecule has 0 aromatic rings. The molecule has 6 unspecified atom stereocenters. The summed E-state index contributed by atoms with van der Waals surface area (Å²) in [5.41, 5.74) is 1.98. The second kappa shape index (κ2) is 2.31. The van der Waals surface area contributed by atoms with Crippen molar-refractivity contribution in [1.29, 1.82) is 0 Å². The summed E-state index contributed by atoms with van der Waals surface area (Å²) in [7, 11) is 0. The third kappa shape index (κ3) is 0.666. The number of hydrogen-bond acceptors (Lipinski definition) is 0. The van der Waals surface area contributed by atoms with E-state index in [-0.39, 0.29) is 0 Å². The highest BCUT2D eigenvalue weighted by molar-refractivity contribution is 5.31. The average Bonchev–Trinajstić information content (AvgIpc) is 2.19. The van der Waals surface area contributed by atoms with Gasteiger partial charge in [-0.25, -0.2) is 0 Å². The topological polar surface area (TPSA) is 0 Å². The Labute approximate surface area is 94.8 Å². The first-order valence-electron chi connectivity index (χ1n) is 6.80. The minimum absolute atomic E-state index is 0.623. The second-order valence-corrected chi connectivity index (χ2v) is 7.61. The van der Waals surface area contributed by atoms with Gasteiger partial charge in [0.2, 0.25) is 0 Å². The Balaban J connectivity index is 1.98. The molecule has 15 heavy (non-hydrogen) atoms. The van der Waals surface area contributed by atoms with Crippen LogP contribution in [0.1, 0.15) is 54.4 Å². The van der Waals surface area contributed by atoms with Gasteiger partial charge < -0.3 is 0 Å². The molecule has 0 nitrogen and oxygen atoms in total. The van der Waals surface area contributed by atoms with Gasteiger partial charge in [0.15, 0.2) is 0 Å². The summed E-state index contributed by atoms with van der Waals surface area (Å²) < 4.78 is 0. The predicted molar refractivity (Wildman–Crippen MR) is 64.5 cm³/mol. The fourth-order valence-electron chi connectivity index (χ4n) is 6.02. The fraction of sp³-hybridized carbons (Fsp3) is 1.00. The van der Waals surface area contributed by atoms with Crippen LogP contribution < -0.4 is 0 Å². The monoisotopic (exact) mass is 206 g/mol. The van der Waals surface area contributed by atoms with E-state index in [1.165, 1.54) is 12.8 Å². The van der Waals surface area contributed by atoms with Gasteiger partial charge in [-0.3, -0.25) is 0 Å². The SMILES string of the molecule is CC(C)C1(C)CC2C3CC(C)C3(C)C21C. The van der Waals surface area contributed by atoms with Crippen molar-refractivity contribution in [2.24, 2.45) is 39.9 Å². The van der Waals surface area contributed by atoms with Crippen molar-refractivity contribution in [2.75, 3.05) is 0 Å². The summed E-state index contributed by atoms with van der Waals surface area (Å²) in [5, 5.41) is 0. The highest BCUT2D eigenvalue weighted by Crippen LogP contribution is 2.89. The summed E-state index contributed by atoms with van der Waals surface area (Å²) in [4.78, 5) is 0. The van der Waals surface area contributed by atoms with Gasteiger partial charge in [-0.2, -0.15) is 0 Å². The van der Waals surface area contributed by atoms with Gasteiger partial charge in [0.1, 0.15) is 0 Å². The maximum absolute atomic E-state index is 2.60. The van der Waals surface area contributed by atoms with E-state index >= 15 is 0 Å². The van der Waals surface area contributed by atoms with Crippen molar-refractivity contribution in [3.05, 3.63) is 0 Å². The Kier molecular flexibility index (Phi) is 1.57. The molecule has 0 aromatic carbocycles. The molecule has 0 heteroatoms. The van der Waals surface area contributed by atoms with Crippen molar-refractivity contribution >= 4 is 0 Å². The van der Waals surface area contributed by atoms with Crippen LogP contribution in [0.15, 0.2) is 0 Å². The van der Waals surface area contributed by atoms with E-state index in [9.17, 15) is 0 Å². The average molecular weight is 206 g/mol. The van der Waals surface area contributed by atoms with Crippen LogP contribution in [0.5, 0.6) is 0 Å². The predicted octanol–water partition coefficient (Wildman–Crippen LogP) is 4.35. The summed E-state index contributed by atoms with van der Waals surface area (Å²) >= 11 is 0. The van der Waals surface area contributed by atoms with E-state index in [1.54, 1.807) is 0 Å². The number of hydrogen-bond donors (Lipinski definition) is 0. The van der Waals surface area contributed by atoms with Crippen molar-refractivity contribution < 1.29 is 0 Å². The van der Waals surface area contributed by atoms with Gasteiger partial charge in [0.05, 0.1) is 0 Å². The first-order chi connectivity index (χ1) is 6.80. The Morgan fingerprint density at radius 3 is 2.13 bits per heavy atom. The Hall–Kier alpha value is 0. The van der Waals surface area contributed by atoms with Gasteiger partial charge in [0, 0.05) is 0 Å². The summed E-state index contributed by atoms with van der Waals surface area (Å²) in [5.74, 6) is 3.99. The molecule has 0 spiro atoms. The Bertz CT molecular complexity index is 305. The molecule has 3 aliphatic rings. The molecule has 86 valence electrons. The molecule has 0 radical (unpaired) electrons. The summed E-state index contributed by atoms with van der Waals surface area (Å²) in [6, 6.07) is 0. The standard InChI is InChI=1S/C15H26/c1-9(2)13(4)8-12-11-7-10(3)14(11,5)15(12,13)6/h9-12H,7-8H2,1-6H3. The zero-order valence-corrected chi connectivity index (χ0v) is 11.2. The molecule has 3 aliphatic carbocycles. The van der Waals surface area contributed by atoms with E-state index in [0.717, 1.165) is 23.7 Å². The zero-order chi connectivity index (χ0) is 11.2.